The fraction of sp³-hybridized carbons (Fsp3) is 0.185. The summed E-state index contributed by atoms with van der Waals surface area (Å²) in [5.74, 6) is -1.25. The summed E-state index contributed by atoms with van der Waals surface area (Å²) in [5.41, 5.74) is 0.191. The van der Waals surface area contributed by atoms with Crippen LogP contribution in [0.3, 0.4) is 0 Å². The Morgan fingerprint density at radius 2 is 1.21 bits per heavy atom. The molecule has 2 heterocycles. The lowest BCUT2D eigenvalue weighted by Crippen LogP contribution is -2.26. The van der Waals surface area contributed by atoms with E-state index >= 15 is 0 Å². The third kappa shape index (κ3) is 12.6. The molecule has 21 heteroatoms. The number of phenolic OH excluding ortho intramolecular Hbond substituents is 1. The predicted octanol–water partition coefficient (Wildman–Crippen LogP) is 5.92. The van der Waals surface area contributed by atoms with Crippen molar-refractivity contribution in [3.8, 4) is 11.5 Å². The van der Waals surface area contributed by atoms with Crippen molar-refractivity contribution < 1.29 is 38.9 Å². The zero-order chi connectivity index (χ0) is 35.3. The zero-order valence-electron chi connectivity index (χ0n) is 24.8. The minimum absolute atomic E-state index is 0. The molecule has 3 N–H and O–H groups in total. The highest BCUT2D eigenvalue weighted by molar-refractivity contribution is 7.19. The molecule has 0 aliphatic carbocycles. The van der Waals surface area contributed by atoms with Crippen LogP contribution in [-0.4, -0.2) is 86.2 Å². The molecule has 2 aromatic heterocycles. The van der Waals surface area contributed by atoms with Crippen molar-refractivity contribution in [3.05, 3.63) is 92.3 Å². The van der Waals surface area contributed by atoms with Crippen molar-refractivity contribution in [3.63, 3.8) is 0 Å². The second-order valence-electron chi connectivity index (χ2n) is 8.85. The zero-order valence-corrected chi connectivity index (χ0v) is 27.2. The number of nitrogens with zero attached hydrogens (tertiary/aromatic N) is 6. The number of carbonyl (C=O) groups excluding carboxylic acids is 4. The van der Waals surface area contributed by atoms with Gasteiger partial charge in [0.2, 0.25) is 0 Å². The highest BCUT2D eigenvalue weighted by Gasteiger charge is 2.19. The minimum Gasteiger partial charge on any atom is -0.507 e. The molecule has 4 rings (SSSR count). The maximum absolute atomic E-state index is 12.2. The summed E-state index contributed by atoms with van der Waals surface area (Å²) in [5, 5.41) is 34.7. The Labute approximate surface area is 285 Å². The number of aromatic nitrogens is 2. The number of amides is 4. The minimum atomic E-state index is -0.630. The Morgan fingerprint density at radius 3 is 1.60 bits per heavy atom. The van der Waals surface area contributed by atoms with Crippen LogP contribution in [0.1, 0.15) is 28.1 Å². The quantitative estimate of drug-likeness (QED) is 0.0871. The lowest BCUT2D eigenvalue weighted by Gasteiger charge is -2.13. The number of anilines is 2. The van der Waals surface area contributed by atoms with E-state index in [1.165, 1.54) is 48.2 Å². The van der Waals surface area contributed by atoms with Gasteiger partial charge in [0.05, 0.1) is 21.0 Å². The van der Waals surface area contributed by atoms with Crippen molar-refractivity contribution in [1.29, 1.82) is 0 Å². The number of benzene rings is 2. The summed E-state index contributed by atoms with van der Waals surface area (Å²) >= 11 is 6.38. The lowest BCUT2D eigenvalue weighted by atomic mass is 10.2. The molecule has 0 saturated carbocycles. The first-order valence-electron chi connectivity index (χ1n) is 12.6. The van der Waals surface area contributed by atoms with Gasteiger partial charge in [-0.3, -0.25) is 45.2 Å². The first-order chi connectivity index (χ1) is 22.1. The van der Waals surface area contributed by atoms with Gasteiger partial charge >= 0.3 is 21.5 Å². The number of rotatable bonds is 7. The van der Waals surface area contributed by atoms with Crippen molar-refractivity contribution in [2.45, 2.75) is 7.43 Å². The summed E-state index contributed by atoms with van der Waals surface area (Å²) in [6, 6.07) is 12.1. The molecule has 2 aromatic carbocycles. The standard InChI is InChI=1S/C13H12N4O5S.C10H7N3O4S.C3H6ClNO.CH4/c1-16(2)13(19)22-9-6-4-3-5-8(9)11(18)15-12-14-7-10(23-12)17(20)21;14-7-4-2-1-3-6(7)9(15)12-10-11-5-8(18-10)13(16)17;1-5(2)3(4)6;/h3-7H,1-2H3,(H,14,15,18);1-5,14H,(H,11,12,15);1-2H3;1H4. The third-order valence-electron chi connectivity index (χ3n) is 4.98. The number of carbonyl (C=O) groups is 4. The van der Waals surface area contributed by atoms with E-state index in [-0.39, 0.29) is 50.3 Å². The number of thiazole rings is 2. The summed E-state index contributed by atoms with van der Waals surface area (Å²) in [7, 11) is 6.21. The summed E-state index contributed by atoms with van der Waals surface area (Å²) in [4.78, 5) is 75.3. The number of ether oxygens (including phenoxy) is 1. The van der Waals surface area contributed by atoms with E-state index in [0.717, 1.165) is 35.1 Å². The molecule has 0 spiro atoms. The van der Waals surface area contributed by atoms with Gasteiger partial charge in [0.25, 0.3) is 11.8 Å². The molecule has 0 unspecified atom stereocenters. The van der Waals surface area contributed by atoms with Crippen LogP contribution < -0.4 is 15.4 Å². The van der Waals surface area contributed by atoms with Gasteiger partial charge < -0.3 is 19.6 Å². The third-order valence-corrected chi connectivity index (χ3v) is 7.05. The van der Waals surface area contributed by atoms with Crippen LogP contribution in [0.2, 0.25) is 0 Å². The first kappa shape index (κ1) is 40.3. The molecule has 48 heavy (non-hydrogen) atoms. The monoisotopic (exact) mass is 724 g/mol. The van der Waals surface area contributed by atoms with E-state index in [0.29, 0.717) is 0 Å². The molecule has 4 aromatic rings. The SMILES string of the molecule is C.CN(C)C(=O)Cl.CN(C)C(=O)Oc1ccccc1C(=O)Nc1ncc([N+](=O)[O-])s1.O=C(Nc1ncc([N+](=O)[O-])s1)c1ccccc1O. The topological polar surface area (TPSA) is 240 Å². The van der Waals surface area contributed by atoms with E-state index in [1.807, 2.05) is 0 Å². The summed E-state index contributed by atoms with van der Waals surface area (Å²) in [6.45, 7) is 0. The largest absolute Gasteiger partial charge is 0.507 e. The van der Waals surface area contributed by atoms with Crippen molar-refractivity contribution in [1.82, 2.24) is 19.8 Å². The highest BCUT2D eigenvalue weighted by Crippen LogP contribution is 2.28. The van der Waals surface area contributed by atoms with Gasteiger partial charge in [-0.1, -0.05) is 31.7 Å². The molecule has 0 saturated heterocycles. The summed E-state index contributed by atoms with van der Waals surface area (Å²) in [6.07, 6.45) is 1.48. The molecule has 0 aliphatic rings. The van der Waals surface area contributed by atoms with Gasteiger partial charge in [-0.2, -0.15) is 0 Å². The van der Waals surface area contributed by atoms with Gasteiger partial charge in [0.15, 0.2) is 10.3 Å². The number of nitrogens with one attached hydrogen (secondary N) is 2. The lowest BCUT2D eigenvalue weighted by molar-refractivity contribution is -0.380. The van der Waals surface area contributed by atoms with Gasteiger partial charge in [-0.05, 0) is 58.5 Å². The van der Waals surface area contributed by atoms with Crippen LogP contribution in [0.4, 0.5) is 29.9 Å². The van der Waals surface area contributed by atoms with Crippen LogP contribution >= 0.6 is 34.3 Å². The number of para-hydroxylation sites is 2. The Morgan fingerprint density at radius 1 is 0.792 bits per heavy atom. The van der Waals surface area contributed by atoms with Crippen LogP contribution in [0.15, 0.2) is 60.9 Å². The van der Waals surface area contributed by atoms with E-state index in [9.17, 15) is 44.5 Å². The fourth-order valence-electron chi connectivity index (χ4n) is 2.74. The molecule has 0 aliphatic heterocycles. The second kappa shape index (κ2) is 19.1. The number of hydrogen-bond acceptors (Lipinski definition) is 14. The van der Waals surface area contributed by atoms with Gasteiger partial charge in [-0.15, -0.1) is 0 Å². The smallest absolute Gasteiger partial charge is 0.414 e. The second-order valence-corrected chi connectivity index (χ2v) is 11.2. The normalized spacial score (nSPS) is 9.52. The predicted molar refractivity (Wildman–Crippen MR) is 179 cm³/mol. The number of phenols is 1. The van der Waals surface area contributed by atoms with Gasteiger partial charge in [-0.25, -0.2) is 14.8 Å². The molecule has 256 valence electrons. The highest BCUT2D eigenvalue weighted by atomic mass is 35.5. The van der Waals surface area contributed by atoms with Crippen LogP contribution in [0.5, 0.6) is 11.5 Å². The van der Waals surface area contributed by atoms with Crippen molar-refractivity contribution in [2.24, 2.45) is 0 Å². The van der Waals surface area contributed by atoms with Crippen LogP contribution in [0.25, 0.3) is 0 Å². The maximum atomic E-state index is 12.2. The van der Waals surface area contributed by atoms with Gasteiger partial charge in [0, 0.05) is 28.2 Å². The number of halogens is 1. The van der Waals surface area contributed by atoms with E-state index in [2.05, 4.69) is 20.6 Å². The van der Waals surface area contributed by atoms with E-state index < -0.39 is 33.1 Å². The first-order valence-corrected chi connectivity index (χ1v) is 14.6. The number of hydrogen-bond donors (Lipinski definition) is 3. The molecule has 0 atom stereocenters. The van der Waals surface area contributed by atoms with Crippen molar-refractivity contribution in [2.75, 3.05) is 38.8 Å². The molecular formula is C27H29ClN8O10S2. The molecule has 0 radical (unpaired) electrons. The Kier molecular flexibility index (Phi) is 16.0. The molecule has 18 nitrogen and oxygen atoms in total. The molecule has 0 fully saturated rings. The molecular weight excluding hydrogens is 696 g/mol. The van der Waals surface area contributed by atoms with Crippen LogP contribution in [0, 0.1) is 20.2 Å². The molecule has 4 amide bonds. The Bertz CT molecular complexity index is 1760. The summed E-state index contributed by atoms with van der Waals surface area (Å²) < 4.78 is 5.11. The van der Waals surface area contributed by atoms with E-state index in [4.69, 9.17) is 16.3 Å². The number of nitro groups is 2. The van der Waals surface area contributed by atoms with Crippen LogP contribution in [-0.2, 0) is 0 Å². The molecule has 0 bridgehead atoms. The van der Waals surface area contributed by atoms with E-state index in [1.54, 1.807) is 38.4 Å². The number of aromatic hydroxyl groups is 1. The maximum Gasteiger partial charge on any atom is 0.414 e. The fourth-order valence-corrected chi connectivity index (χ4v) is 3.99. The Balaban J connectivity index is 0.000000411. The Hall–Kier alpha value is -5.73. The van der Waals surface area contributed by atoms with Gasteiger partial charge in [0.1, 0.15) is 23.9 Å². The van der Waals surface area contributed by atoms with Crippen molar-refractivity contribution >= 4 is 77.8 Å². The average molecular weight is 725 g/mol. The average Bonchev–Trinajstić information content (AvgIpc) is 3.68.